The van der Waals surface area contributed by atoms with Gasteiger partial charge >= 0.3 is 0 Å². The Bertz CT molecular complexity index is 963. The van der Waals surface area contributed by atoms with Gasteiger partial charge in [0.15, 0.2) is 0 Å². The number of rotatable bonds is 5. The Labute approximate surface area is 168 Å². The fourth-order valence-electron chi connectivity index (χ4n) is 3.47. The van der Waals surface area contributed by atoms with E-state index in [-0.39, 0.29) is 10.6 Å². The second kappa shape index (κ2) is 8.08. The summed E-state index contributed by atoms with van der Waals surface area (Å²) in [6.07, 6.45) is 0. The van der Waals surface area contributed by atoms with Crippen molar-refractivity contribution in [3.63, 3.8) is 0 Å². The van der Waals surface area contributed by atoms with E-state index in [4.69, 9.17) is 4.98 Å². The summed E-state index contributed by atoms with van der Waals surface area (Å²) in [6, 6.07) is 15.3. The number of nitro benzene ring substituents is 1. The zero-order chi connectivity index (χ0) is 19.5. The van der Waals surface area contributed by atoms with Crippen molar-refractivity contribution in [3.05, 3.63) is 75.3 Å². The SMILES string of the molecule is Cc1cccc(-c2nc(CN3CCN(c4ccc([N+](=O)[O-])cc4)CC3)cs2)c1. The van der Waals surface area contributed by atoms with Crippen molar-refractivity contribution in [2.75, 3.05) is 31.1 Å². The Morgan fingerprint density at radius 1 is 1.11 bits per heavy atom. The molecule has 0 saturated carbocycles. The topological polar surface area (TPSA) is 62.5 Å². The van der Waals surface area contributed by atoms with Crippen molar-refractivity contribution in [2.45, 2.75) is 13.5 Å². The third-order valence-corrected chi connectivity index (χ3v) is 5.94. The van der Waals surface area contributed by atoms with Crippen LogP contribution in [0, 0.1) is 17.0 Å². The molecule has 0 bridgehead atoms. The molecule has 1 aliphatic rings. The molecule has 0 atom stereocenters. The lowest BCUT2D eigenvalue weighted by molar-refractivity contribution is -0.384. The minimum absolute atomic E-state index is 0.135. The molecule has 6 nitrogen and oxygen atoms in total. The molecular formula is C21H22N4O2S. The molecule has 1 saturated heterocycles. The van der Waals surface area contributed by atoms with Crippen LogP contribution in [-0.4, -0.2) is 41.0 Å². The first-order valence-electron chi connectivity index (χ1n) is 9.32. The van der Waals surface area contributed by atoms with Crippen LogP contribution in [0.4, 0.5) is 11.4 Å². The van der Waals surface area contributed by atoms with Crippen LogP contribution < -0.4 is 4.90 Å². The molecule has 0 radical (unpaired) electrons. The predicted molar refractivity (Wildman–Crippen MR) is 113 cm³/mol. The predicted octanol–water partition coefficient (Wildman–Crippen LogP) is 4.35. The van der Waals surface area contributed by atoms with E-state index in [1.165, 1.54) is 11.1 Å². The molecule has 0 N–H and O–H groups in total. The number of non-ortho nitro benzene ring substituents is 1. The molecule has 2 aromatic carbocycles. The largest absolute Gasteiger partial charge is 0.369 e. The number of thiazole rings is 1. The second-order valence-corrected chi connectivity index (χ2v) is 7.91. The Hall–Kier alpha value is -2.77. The van der Waals surface area contributed by atoms with Crippen LogP contribution >= 0.6 is 11.3 Å². The third kappa shape index (κ3) is 4.21. The van der Waals surface area contributed by atoms with Crippen molar-refractivity contribution in [1.29, 1.82) is 0 Å². The summed E-state index contributed by atoms with van der Waals surface area (Å²) in [4.78, 5) is 19.9. The third-order valence-electron chi connectivity index (χ3n) is 5.00. The summed E-state index contributed by atoms with van der Waals surface area (Å²) in [6.45, 7) is 6.68. The van der Waals surface area contributed by atoms with Gasteiger partial charge in [-0.1, -0.05) is 23.8 Å². The summed E-state index contributed by atoms with van der Waals surface area (Å²) < 4.78 is 0. The molecule has 2 heterocycles. The summed E-state index contributed by atoms with van der Waals surface area (Å²) >= 11 is 1.70. The van der Waals surface area contributed by atoms with Gasteiger partial charge in [-0.2, -0.15) is 0 Å². The van der Waals surface area contributed by atoms with E-state index in [0.717, 1.165) is 49.1 Å². The van der Waals surface area contributed by atoms with E-state index in [1.54, 1.807) is 23.5 Å². The van der Waals surface area contributed by atoms with E-state index < -0.39 is 0 Å². The minimum atomic E-state index is -0.361. The van der Waals surface area contributed by atoms with Gasteiger partial charge in [-0.25, -0.2) is 4.98 Å². The molecule has 1 aliphatic heterocycles. The lowest BCUT2D eigenvalue weighted by Gasteiger charge is -2.35. The number of piperazine rings is 1. The highest BCUT2D eigenvalue weighted by Crippen LogP contribution is 2.26. The van der Waals surface area contributed by atoms with Gasteiger partial charge in [0.05, 0.1) is 10.6 Å². The number of nitro groups is 1. The number of aryl methyl sites for hydroxylation is 1. The number of hydrogen-bond acceptors (Lipinski definition) is 6. The summed E-state index contributed by atoms with van der Waals surface area (Å²) in [5, 5.41) is 14.0. The fourth-order valence-corrected chi connectivity index (χ4v) is 4.28. The molecule has 0 unspecified atom stereocenters. The first-order chi connectivity index (χ1) is 13.6. The van der Waals surface area contributed by atoms with Gasteiger partial charge in [0.25, 0.3) is 5.69 Å². The maximum Gasteiger partial charge on any atom is 0.269 e. The van der Waals surface area contributed by atoms with Gasteiger partial charge in [-0.05, 0) is 25.1 Å². The van der Waals surface area contributed by atoms with Crippen LogP contribution in [-0.2, 0) is 6.54 Å². The lowest BCUT2D eigenvalue weighted by atomic mass is 10.1. The van der Waals surface area contributed by atoms with Crippen LogP contribution in [0.25, 0.3) is 10.6 Å². The van der Waals surface area contributed by atoms with Crippen molar-refractivity contribution in [1.82, 2.24) is 9.88 Å². The normalized spacial score (nSPS) is 15.0. The van der Waals surface area contributed by atoms with Crippen LogP contribution in [0.3, 0.4) is 0 Å². The van der Waals surface area contributed by atoms with Gasteiger partial charge < -0.3 is 4.90 Å². The van der Waals surface area contributed by atoms with Crippen LogP contribution in [0.15, 0.2) is 53.9 Å². The van der Waals surface area contributed by atoms with Crippen molar-refractivity contribution in [2.24, 2.45) is 0 Å². The van der Waals surface area contributed by atoms with E-state index in [2.05, 4.69) is 46.4 Å². The molecule has 1 aromatic heterocycles. The molecular weight excluding hydrogens is 372 g/mol. The van der Waals surface area contributed by atoms with E-state index in [1.807, 2.05) is 12.1 Å². The molecule has 0 amide bonds. The molecule has 0 aliphatic carbocycles. The molecule has 1 fully saturated rings. The Morgan fingerprint density at radius 2 is 1.86 bits per heavy atom. The average molecular weight is 395 g/mol. The van der Waals surface area contributed by atoms with Gasteiger partial charge in [0.2, 0.25) is 0 Å². The molecule has 3 aromatic rings. The minimum Gasteiger partial charge on any atom is -0.369 e. The average Bonchev–Trinajstić information content (AvgIpc) is 3.17. The molecule has 4 rings (SSSR count). The van der Waals surface area contributed by atoms with Crippen LogP contribution in [0.2, 0.25) is 0 Å². The monoisotopic (exact) mass is 394 g/mol. The zero-order valence-electron chi connectivity index (χ0n) is 15.7. The number of nitrogens with zero attached hydrogens (tertiary/aromatic N) is 4. The number of benzene rings is 2. The summed E-state index contributed by atoms with van der Waals surface area (Å²) in [5.74, 6) is 0. The lowest BCUT2D eigenvalue weighted by Crippen LogP contribution is -2.46. The zero-order valence-corrected chi connectivity index (χ0v) is 16.6. The molecule has 0 spiro atoms. The fraction of sp³-hybridized carbons (Fsp3) is 0.286. The molecule has 28 heavy (non-hydrogen) atoms. The van der Waals surface area contributed by atoms with Crippen LogP contribution in [0.1, 0.15) is 11.3 Å². The van der Waals surface area contributed by atoms with Gasteiger partial charge in [0.1, 0.15) is 5.01 Å². The van der Waals surface area contributed by atoms with Crippen molar-refractivity contribution in [3.8, 4) is 10.6 Å². The van der Waals surface area contributed by atoms with E-state index >= 15 is 0 Å². The Morgan fingerprint density at radius 3 is 2.54 bits per heavy atom. The second-order valence-electron chi connectivity index (χ2n) is 7.05. The van der Waals surface area contributed by atoms with Crippen molar-refractivity contribution < 1.29 is 4.92 Å². The van der Waals surface area contributed by atoms with Crippen molar-refractivity contribution >= 4 is 22.7 Å². The highest BCUT2D eigenvalue weighted by atomic mass is 32.1. The first-order valence-corrected chi connectivity index (χ1v) is 10.2. The number of aromatic nitrogens is 1. The highest BCUT2D eigenvalue weighted by molar-refractivity contribution is 7.13. The maximum atomic E-state index is 10.8. The number of hydrogen-bond donors (Lipinski definition) is 0. The summed E-state index contributed by atoms with van der Waals surface area (Å²) in [7, 11) is 0. The highest BCUT2D eigenvalue weighted by Gasteiger charge is 2.19. The maximum absolute atomic E-state index is 10.8. The Balaban J connectivity index is 1.34. The van der Waals surface area contributed by atoms with E-state index in [0.29, 0.717) is 0 Å². The molecule has 144 valence electrons. The smallest absolute Gasteiger partial charge is 0.269 e. The van der Waals surface area contributed by atoms with Gasteiger partial charge in [0, 0.05) is 61.5 Å². The van der Waals surface area contributed by atoms with Gasteiger partial charge in [-0.3, -0.25) is 15.0 Å². The van der Waals surface area contributed by atoms with E-state index in [9.17, 15) is 10.1 Å². The summed E-state index contributed by atoms with van der Waals surface area (Å²) in [5.41, 5.74) is 4.72. The Kier molecular flexibility index (Phi) is 5.36. The molecule has 7 heteroatoms. The van der Waals surface area contributed by atoms with Crippen LogP contribution in [0.5, 0.6) is 0 Å². The first kappa shape index (κ1) is 18.6. The quantitative estimate of drug-likeness (QED) is 0.476. The van der Waals surface area contributed by atoms with Gasteiger partial charge in [-0.15, -0.1) is 11.3 Å². The number of anilines is 1. The standard InChI is InChI=1S/C21H22N4O2S/c1-16-3-2-4-17(13-16)21-22-18(15-28-21)14-23-9-11-24(12-10-23)19-5-7-20(8-6-19)25(26)27/h2-8,13,15H,9-12,14H2,1H3.